The van der Waals surface area contributed by atoms with Crippen LogP contribution in [0.4, 0.5) is 5.69 Å². The highest BCUT2D eigenvalue weighted by atomic mass is 32.2. The molecule has 0 amide bonds. The number of carbonyl (C=O) groups excluding carboxylic acids is 1. The van der Waals surface area contributed by atoms with Crippen LogP contribution in [0, 0.1) is 13.8 Å². The van der Waals surface area contributed by atoms with Crippen LogP contribution < -0.4 is 4.31 Å². The zero-order chi connectivity index (χ0) is 17.3. The number of ether oxygens (including phenoxy) is 1. The molecule has 0 radical (unpaired) electrons. The Kier molecular flexibility index (Phi) is 4.31. The minimum atomic E-state index is -3.22. The molecule has 1 saturated heterocycles. The van der Waals surface area contributed by atoms with Crippen LogP contribution in [0.1, 0.15) is 33.8 Å². The van der Waals surface area contributed by atoms with Crippen molar-refractivity contribution in [1.82, 2.24) is 5.16 Å². The molecule has 1 aromatic carbocycles. The van der Waals surface area contributed by atoms with Crippen LogP contribution >= 0.6 is 0 Å². The van der Waals surface area contributed by atoms with Gasteiger partial charge in [-0.3, -0.25) is 4.31 Å². The molecule has 2 aromatic rings. The highest BCUT2D eigenvalue weighted by Gasteiger charge is 2.28. The number of esters is 1. The SMILES string of the molecule is Cc1noc(C)c1COC(=O)c1ccc(N2CCCS2(=O)=O)cc1. The van der Waals surface area contributed by atoms with Gasteiger partial charge in [0.1, 0.15) is 12.4 Å². The van der Waals surface area contributed by atoms with E-state index in [-0.39, 0.29) is 12.4 Å². The summed E-state index contributed by atoms with van der Waals surface area (Å²) in [7, 11) is -3.22. The van der Waals surface area contributed by atoms with E-state index in [4.69, 9.17) is 9.26 Å². The van der Waals surface area contributed by atoms with Gasteiger partial charge in [-0.05, 0) is 44.5 Å². The van der Waals surface area contributed by atoms with Gasteiger partial charge < -0.3 is 9.26 Å². The first-order chi connectivity index (χ1) is 11.4. The maximum absolute atomic E-state index is 12.1. The second-order valence-corrected chi connectivity index (χ2v) is 7.68. The van der Waals surface area contributed by atoms with Crippen molar-refractivity contribution in [3.8, 4) is 0 Å². The molecule has 0 spiro atoms. The Morgan fingerprint density at radius 2 is 2.00 bits per heavy atom. The fraction of sp³-hybridized carbons (Fsp3) is 0.375. The first-order valence-electron chi connectivity index (χ1n) is 7.58. The lowest BCUT2D eigenvalue weighted by Crippen LogP contribution is -2.25. The zero-order valence-electron chi connectivity index (χ0n) is 13.5. The first kappa shape index (κ1) is 16.5. The topological polar surface area (TPSA) is 89.7 Å². The van der Waals surface area contributed by atoms with Gasteiger partial charge in [-0.2, -0.15) is 0 Å². The number of hydrogen-bond donors (Lipinski definition) is 0. The van der Waals surface area contributed by atoms with Crippen molar-refractivity contribution in [2.75, 3.05) is 16.6 Å². The minimum absolute atomic E-state index is 0.0856. The molecular weight excluding hydrogens is 332 g/mol. The van der Waals surface area contributed by atoms with E-state index in [0.29, 0.717) is 35.7 Å². The third-order valence-electron chi connectivity index (χ3n) is 4.02. The van der Waals surface area contributed by atoms with Gasteiger partial charge in [0.25, 0.3) is 0 Å². The average molecular weight is 350 g/mol. The summed E-state index contributed by atoms with van der Waals surface area (Å²) in [5.41, 5.74) is 2.37. The van der Waals surface area contributed by atoms with E-state index in [0.717, 1.165) is 5.56 Å². The van der Waals surface area contributed by atoms with E-state index < -0.39 is 16.0 Å². The number of carbonyl (C=O) groups is 1. The number of sulfonamides is 1. The molecule has 1 aliphatic rings. The molecule has 128 valence electrons. The largest absolute Gasteiger partial charge is 0.457 e. The highest BCUT2D eigenvalue weighted by molar-refractivity contribution is 7.93. The van der Waals surface area contributed by atoms with Crippen molar-refractivity contribution in [2.45, 2.75) is 26.9 Å². The van der Waals surface area contributed by atoms with Crippen molar-refractivity contribution in [3.05, 3.63) is 46.8 Å². The fourth-order valence-corrected chi connectivity index (χ4v) is 4.19. The molecular formula is C16H18N2O5S. The minimum Gasteiger partial charge on any atom is -0.457 e. The Labute approximate surface area is 140 Å². The van der Waals surface area contributed by atoms with Gasteiger partial charge in [-0.1, -0.05) is 5.16 Å². The number of benzene rings is 1. The summed E-state index contributed by atoms with van der Waals surface area (Å²) in [6.45, 7) is 4.10. The van der Waals surface area contributed by atoms with E-state index in [9.17, 15) is 13.2 Å². The van der Waals surface area contributed by atoms with E-state index >= 15 is 0 Å². The molecule has 1 aliphatic heterocycles. The number of aromatic nitrogens is 1. The Morgan fingerprint density at radius 1 is 1.29 bits per heavy atom. The van der Waals surface area contributed by atoms with Gasteiger partial charge in [0.05, 0.1) is 28.3 Å². The molecule has 0 unspecified atom stereocenters. The van der Waals surface area contributed by atoms with E-state index in [1.807, 2.05) is 0 Å². The van der Waals surface area contributed by atoms with Crippen molar-refractivity contribution >= 4 is 21.7 Å². The maximum Gasteiger partial charge on any atom is 0.338 e. The van der Waals surface area contributed by atoms with Crippen molar-refractivity contribution in [2.24, 2.45) is 0 Å². The predicted molar refractivity (Wildman–Crippen MR) is 87.3 cm³/mol. The van der Waals surface area contributed by atoms with E-state index in [1.54, 1.807) is 38.1 Å². The predicted octanol–water partition coefficient (Wildman–Crippen LogP) is 2.19. The third kappa shape index (κ3) is 3.14. The van der Waals surface area contributed by atoms with Gasteiger partial charge in [0.15, 0.2) is 0 Å². The number of aryl methyl sites for hydroxylation is 2. The third-order valence-corrected chi connectivity index (χ3v) is 5.89. The molecule has 0 bridgehead atoms. The number of anilines is 1. The summed E-state index contributed by atoms with van der Waals surface area (Å²) in [5.74, 6) is 0.300. The number of nitrogens with zero attached hydrogens (tertiary/aromatic N) is 2. The summed E-state index contributed by atoms with van der Waals surface area (Å²) in [5, 5.41) is 3.81. The summed E-state index contributed by atoms with van der Waals surface area (Å²) in [6, 6.07) is 6.38. The molecule has 8 heteroatoms. The van der Waals surface area contributed by atoms with Crippen LogP contribution in [0.2, 0.25) is 0 Å². The molecule has 0 aliphatic carbocycles. The Bertz CT molecular complexity index is 836. The molecule has 2 heterocycles. The average Bonchev–Trinajstić information content (AvgIpc) is 3.07. The molecule has 0 atom stereocenters. The van der Waals surface area contributed by atoms with Gasteiger partial charge in [0, 0.05) is 6.54 Å². The van der Waals surface area contributed by atoms with Gasteiger partial charge in [-0.15, -0.1) is 0 Å². The van der Waals surface area contributed by atoms with Gasteiger partial charge in [-0.25, -0.2) is 13.2 Å². The van der Waals surface area contributed by atoms with Crippen LogP contribution in [0.3, 0.4) is 0 Å². The fourth-order valence-electron chi connectivity index (χ4n) is 2.62. The molecule has 24 heavy (non-hydrogen) atoms. The Balaban J connectivity index is 1.68. The summed E-state index contributed by atoms with van der Waals surface area (Å²) in [4.78, 5) is 12.1. The smallest absolute Gasteiger partial charge is 0.338 e. The molecule has 7 nitrogen and oxygen atoms in total. The van der Waals surface area contributed by atoms with Crippen molar-refractivity contribution in [1.29, 1.82) is 0 Å². The monoisotopic (exact) mass is 350 g/mol. The second-order valence-electron chi connectivity index (χ2n) is 5.67. The molecule has 0 N–H and O–H groups in total. The quantitative estimate of drug-likeness (QED) is 0.785. The van der Waals surface area contributed by atoms with Crippen LogP contribution in [0.5, 0.6) is 0 Å². The van der Waals surface area contributed by atoms with Gasteiger partial charge in [0.2, 0.25) is 10.0 Å². The van der Waals surface area contributed by atoms with Gasteiger partial charge >= 0.3 is 5.97 Å². The Morgan fingerprint density at radius 3 is 2.54 bits per heavy atom. The van der Waals surface area contributed by atoms with E-state index in [1.165, 1.54) is 4.31 Å². The highest BCUT2D eigenvalue weighted by Crippen LogP contribution is 2.24. The molecule has 1 aromatic heterocycles. The number of hydrogen-bond acceptors (Lipinski definition) is 6. The lowest BCUT2D eigenvalue weighted by molar-refractivity contribution is 0.0471. The first-order valence-corrected chi connectivity index (χ1v) is 9.19. The summed E-state index contributed by atoms with van der Waals surface area (Å²) in [6.07, 6.45) is 0.615. The standard InChI is InChI=1S/C16H18N2O5S/c1-11-15(12(2)23-17-11)10-22-16(19)13-4-6-14(7-5-13)18-8-3-9-24(18,20)21/h4-7H,3,8-10H2,1-2H3. The zero-order valence-corrected chi connectivity index (χ0v) is 14.3. The van der Waals surface area contributed by atoms with Crippen LogP contribution in [0.15, 0.2) is 28.8 Å². The number of rotatable bonds is 4. The maximum atomic E-state index is 12.1. The normalized spacial score (nSPS) is 16.3. The van der Waals surface area contributed by atoms with E-state index in [2.05, 4.69) is 5.16 Å². The molecule has 3 rings (SSSR count). The van der Waals surface area contributed by atoms with Crippen LogP contribution in [-0.2, 0) is 21.4 Å². The molecule has 1 fully saturated rings. The molecule has 0 saturated carbocycles. The summed E-state index contributed by atoms with van der Waals surface area (Å²) < 4.78 is 35.5. The van der Waals surface area contributed by atoms with Crippen LogP contribution in [0.25, 0.3) is 0 Å². The Hall–Kier alpha value is -2.35. The lowest BCUT2D eigenvalue weighted by Gasteiger charge is -2.16. The van der Waals surface area contributed by atoms with Crippen molar-refractivity contribution in [3.63, 3.8) is 0 Å². The second kappa shape index (κ2) is 6.27. The van der Waals surface area contributed by atoms with Crippen molar-refractivity contribution < 1.29 is 22.5 Å². The summed E-state index contributed by atoms with van der Waals surface area (Å²) >= 11 is 0. The van der Waals surface area contributed by atoms with Crippen LogP contribution in [-0.4, -0.2) is 31.8 Å². The lowest BCUT2D eigenvalue weighted by atomic mass is 10.2.